The number of hydrogen-bond donors (Lipinski definition) is 2. The maximum absolute atomic E-state index is 11.9. The highest BCUT2D eigenvalue weighted by Crippen LogP contribution is 2.14. The van der Waals surface area contributed by atoms with Gasteiger partial charge in [0.25, 0.3) is 5.91 Å². The number of amides is 1. The van der Waals surface area contributed by atoms with E-state index in [4.69, 9.17) is 17.3 Å². The fraction of sp³-hybridized carbons (Fsp3) is 0.182. The Labute approximate surface area is 109 Å². The molecule has 0 fully saturated rings. The summed E-state index contributed by atoms with van der Waals surface area (Å²) in [5.41, 5.74) is 6.91. The summed E-state index contributed by atoms with van der Waals surface area (Å²) in [7, 11) is 1.74. The summed E-state index contributed by atoms with van der Waals surface area (Å²) in [5, 5.41) is 7.03. The molecule has 0 unspecified atom stereocenters. The summed E-state index contributed by atoms with van der Waals surface area (Å²) in [5.74, 6) is 0.252. The topological polar surface area (TPSA) is 85.8 Å². The lowest BCUT2D eigenvalue weighted by Crippen LogP contribution is -2.23. The van der Waals surface area contributed by atoms with E-state index in [2.05, 4.69) is 15.4 Å². The standard InChI is InChI=1S/C11H12ClN5O/c1-17-10(13)7(5-16-17)4-15-11(18)8-2-3-14-6-9(8)12/h2-3,5-6H,4,13H2,1H3,(H,15,18). The van der Waals surface area contributed by atoms with Gasteiger partial charge in [-0.1, -0.05) is 11.6 Å². The van der Waals surface area contributed by atoms with E-state index in [-0.39, 0.29) is 5.91 Å². The van der Waals surface area contributed by atoms with Crippen LogP contribution in [0.15, 0.2) is 24.7 Å². The van der Waals surface area contributed by atoms with Crippen molar-refractivity contribution in [2.24, 2.45) is 7.05 Å². The minimum atomic E-state index is -0.273. The first kappa shape index (κ1) is 12.4. The van der Waals surface area contributed by atoms with Crippen molar-refractivity contribution < 1.29 is 4.79 Å². The fourth-order valence-corrected chi connectivity index (χ4v) is 1.66. The molecule has 0 aromatic carbocycles. The number of nitrogens with two attached hydrogens (primary N) is 1. The normalized spacial score (nSPS) is 10.3. The second-order valence-corrected chi connectivity index (χ2v) is 4.12. The molecule has 0 aliphatic carbocycles. The van der Waals surface area contributed by atoms with Gasteiger partial charge in [-0.3, -0.25) is 14.5 Å². The van der Waals surface area contributed by atoms with Crippen molar-refractivity contribution >= 4 is 23.3 Å². The predicted molar refractivity (Wildman–Crippen MR) is 68.0 cm³/mol. The largest absolute Gasteiger partial charge is 0.384 e. The molecule has 1 amide bonds. The number of aryl methyl sites for hydroxylation is 1. The molecule has 2 aromatic heterocycles. The number of carbonyl (C=O) groups is 1. The predicted octanol–water partition coefficient (Wildman–Crippen LogP) is 0.981. The van der Waals surface area contributed by atoms with E-state index in [1.165, 1.54) is 12.4 Å². The van der Waals surface area contributed by atoms with Crippen molar-refractivity contribution in [3.8, 4) is 0 Å². The van der Waals surface area contributed by atoms with Crippen molar-refractivity contribution in [2.45, 2.75) is 6.54 Å². The molecular formula is C11H12ClN5O. The van der Waals surface area contributed by atoms with Gasteiger partial charge < -0.3 is 11.1 Å². The zero-order valence-corrected chi connectivity index (χ0v) is 10.5. The van der Waals surface area contributed by atoms with Gasteiger partial charge in [0, 0.05) is 31.5 Å². The molecule has 18 heavy (non-hydrogen) atoms. The van der Waals surface area contributed by atoms with E-state index in [1.54, 1.807) is 24.0 Å². The van der Waals surface area contributed by atoms with E-state index in [9.17, 15) is 4.79 Å². The molecule has 2 heterocycles. The van der Waals surface area contributed by atoms with Crippen molar-refractivity contribution in [2.75, 3.05) is 5.73 Å². The Kier molecular flexibility index (Phi) is 3.47. The third kappa shape index (κ3) is 2.43. The molecule has 0 aliphatic rings. The van der Waals surface area contributed by atoms with Crippen LogP contribution in [0.5, 0.6) is 0 Å². The zero-order chi connectivity index (χ0) is 13.1. The number of anilines is 1. The highest BCUT2D eigenvalue weighted by molar-refractivity contribution is 6.33. The molecule has 0 aliphatic heterocycles. The Balaban J connectivity index is 2.05. The van der Waals surface area contributed by atoms with Gasteiger partial charge in [0.1, 0.15) is 5.82 Å². The van der Waals surface area contributed by atoms with Crippen LogP contribution in [0.25, 0.3) is 0 Å². The van der Waals surface area contributed by atoms with E-state index < -0.39 is 0 Å². The summed E-state index contributed by atoms with van der Waals surface area (Å²) < 4.78 is 1.54. The van der Waals surface area contributed by atoms with E-state index in [1.807, 2.05) is 0 Å². The van der Waals surface area contributed by atoms with Crippen LogP contribution in [0.1, 0.15) is 15.9 Å². The highest BCUT2D eigenvalue weighted by atomic mass is 35.5. The molecule has 0 bridgehead atoms. The Bertz CT molecular complexity index is 581. The van der Waals surface area contributed by atoms with Gasteiger partial charge in [-0.15, -0.1) is 0 Å². The van der Waals surface area contributed by atoms with E-state index in [0.29, 0.717) is 22.9 Å². The van der Waals surface area contributed by atoms with Crippen LogP contribution >= 0.6 is 11.6 Å². The molecule has 2 aromatic rings. The molecule has 0 radical (unpaired) electrons. The highest BCUT2D eigenvalue weighted by Gasteiger charge is 2.11. The summed E-state index contributed by atoms with van der Waals surface area (Å²) in [6.45, 7) is 0.303. The second kappa shape index (κ2) is 5.05. The lowest BCUT2D eigenvalue weighted by Gasteiger charge is -2.05. The van der Waals surface area contributed by atoms with E-state index >= 15 is 0 Å². The lowest BCUT2D eigenvalue weighted by molar-refractivity contribution is 0.0951. The SMILES string of the molecule is Cn1ncc(CNC(=O)c2ccncc2Cl)c1N. The van der Waals surface area contributed by atoms with Gasteiger partial charge >= 0.3 is 0 Å². The molecule has 0 saturated carbocycles. The smallest absolute Gasteiger partial charge is 0.253 e. The van der Waals surface area contributed by atoms with Crippen molar-refractivity contribution in [1.29, 1.82) is 0 Å². The maximum Gasteiger partial charge on any atom is 0.253 e. The second-order valence-electron chi connectivity index (χ2n) is 3.72. The van der Waals surface area contributed by atoms with Crippen LogP contribution in [0.4, 0.5) is 5.82 Å². The van der Waals surface area contributed by atoms with Crippen molar-refractivity contribution in [3.63, 3.8) is 0 Å². The molecule has 6 nitrogen and oxygen atoms in total. The number of carbonyl (C=O) groups excluding carboxylic acids is 1. The minimum absolute atomic E-state index is 0.273. The van der Waals surface area contributed by atoms with Crippen LogP contribution in [0.2, 0.25) is 5.02 Å². The van der Waals surface area contributed by atoms with Crippen LogP contribution in [-0.2, 0) is 13.6 Å². The zero-order valence-electron chi connectivity index (χ0n) is 9.72. The average molecular weight is 266 g/mol. The Morgan fingerprint density at radius 2 is 2.33 bits per heavy atom. The summed E-state index contributed by atoms with van der Waals surface area (Å²) >= 11 is 5.87. The fourth-order valence-electron chi connectivity index (χ4n) is 1.46. The minimum Gasteiger partial charge on any atom is -0.384 e. The van der Waals surface area contributed by atoms with Crippen molar-refractivity contribution in [1.82, 2.24) is 20.1 Å². The van der Waals surface area contributed by atoms with Crippen LogP contribution < -0.4 is 11.1 Å². The van der Waals surface area contributed by atoms with Gasteiger partial charge in [-0.25, -0.2) is 0 Å². The van der Waals surface area contributed by atoms with Crippen LogP contribution in [0.3, 0.4) is 0 Å². The maximum atomic E-state index is 11.9. The lowest BCUT2D eigenvalue weighted by atomic mass is 10.2. The van der Waals surface area contributed by atoms with Gasteiger partial charge in [0.15, 0.2) is 0 Å². The van der Waals surface area contributed by atoms with Crippen LogP contribution in [-0.4, -0.2) is 20.7 Å². The Morgan fingerprint density at radius 3 is 2.94 bits per heavy atom. The van der Waals surface area contributed by atoms with Gasteiger partial charge in [-0.2, -0.15) is 5.10 Å². The van der Waals surface area contributed by atoms with E-state index in [0.717, 1.165) is 5.56 Å². The van der Waals surface area contributed by atoms with Gasteiger partial charge in [-0.05, 0) is 6.07 Å². The molecule has 0 spiro atoms. The number of hydrogen-bond acceptors (Lipinski definition) is 4. The summed E-state index contributed by atoms with van der Waals surface area (Å²) in [6, 6.07) is 1.56. The van der Waals surface area contributed by atoms with Gasteiger partial charge in [0.05, 0.1) is 16.8 Å². The number of rotatable bonds is 3. The monoisotopic (exact) mass is 265 g/mol. The first-order chi connectivity index (χ1) is 8.59. The van der Waals surface area contributed by atoms with Crippen LogP contribution in [0, 0.1) is 0 Å². The molecule has 0 atom stereocenters. The number of nitrogen functional groups attached to an aromatic ring is 1. The number of pyridine rings is 1. The molecule has 3 N–H and O–H groups in total. The average Bonchev–Trinajstić information content (AvgIpc) is 2.68. The first-order valence-electron chi connectivity index (χ1n) is 5.23. The Hall–Kier alpha value is -2.08. The Morgan fingerprint density at radius 1 is 1.56 bits per heavy atom. The van der Waals surface area contributed by atoms with Crippen molar-refractivity contribution in [3.05, 3.63) is 40.8 Å². The molecule has 7 heteroatoms. The molecular weight excluding hydrogens is 254 g/mol. The first-order valence-corrected chi connectivity index (χ1v) is 5.61. The third-order valence-corrected chi connectivity index (χ3v) is 2.82. The molecule has 0 saturated heterocycles. The number of nitrogens with zero attached hydrogens (tertiary/aromatic N) is 3. The van der Waals surface area contributed by atoms with Gasteiger partial charge in [0.2, 0.25) is 0 Å². The third-order valence-electron chi connectivity index (χ3n) is 2.52. The number of halogens is 1. The quantitative estimate of drug-likeness (QED) is 0.866. The molecule has 94 valence electrons. The summed E-state index contributed by atoms with van der Waals surface area (Å²) in [4.78, 5) is 15.7. The summed E-state index contributed by atoms with van der Waals surface area (Å²) in [6.07, 6.45) is 4.55. The number of nitrogens with one attached hydrogen (secondary N) is 1. The molecule has 2 rings (SSSR count). The number of aromatic nitrogens is 3.